The molecule has 0 spiro atoms. The molecule has 0 aliphatic carbocycles. The lowest BCUT2D eigenvalue weighted by molar-refractivity contribution is 0.0869. The zero-order valence-electron chi connectivity index (χ0n) is 11.3. The van der Waals surface area contributed by atoms with E-state index in [1.54, 1.807) is 26.0 Å². The zero-order valence-corrected chi connectivity index (χ0v) is 11.3. The van der Waals surface area contributed by atoms with E-state index in [-0.39, 0.29) is 12.5 Å². The lowest BCUT2D eigenvalue weighted by Gasteiger charge is -2.23. The number of carbonyl (C=O) groups is 1. The number of nitrogens with one attached hydrogen (secondary N) is 2. The van der Waals surface area contributed by atoms with E-state index in [2.05, 4.69) is 15.6 Å². The maximum Gasteiger partial charge on any atom is 0.253 e. The number of nitrogens with zero attached hydrogens (tertiary/aromatic N) is 1. The lowest BCUT2D eigenvalue weighted by atomic mass is 10.1. The highest BCUT2D eigenvalue weighted by atomic mass is 16.3. The molecular formula is C13H21N3O2. The third kappa shape index (κ3) is 4.33. The van der Waals surface area contributed by atoms with Crippen LogP contribution in [0, 0.1) is 0 Å². The molecule has 5 nitrogen and oxygen atoms in total. The molecule has 1 rings (SSSR count). The van der Waals surface area contributed by atoms with Crippen molar-refractivity contribution in [1.82, 2.24) is 10.3 Å². The SMILES string of the molecule is CC(C)Nc1ccc(C(=O)NC(C)(C)CO)cn1. The first-order valence-electron chi connectivity index (χ1n) is 6.00. The van der Waals surface area contributed by atoms with Crippen molar-refractivity contribution in [2.24, 2.45) is 0 Å². The summed E-state index contributed by atoms with van der Waals surface area (Å²) in [7, 11) is 0. The van der Waals surface area contributed by atoms with Gasteiger partial charge in [-0.2, -0.15) is 0 Å². The van der Waals surface area contributed by atoms with E-state index in [4.69, 9.17) is 5.11 Å². The summed E-state index contributed by atoms with van der Waals surface area (Å²) in [5, 5.41) is 15.0. The number of hydrogen-bond acceptors (Lipinski definition) is 4. The van der Waals surface area contributed by atoms with Crippen LogP contribution in [0.25, 0.3) is 0 Å². The van der Waals surface area contributed by atoms with E-state index >= 15 is 0 Å². The topological polar surface area (TPSA) is 74.2 Å². The first-order chi connectivity index (χ1) is 8.34. The summed E-state index contributed by atoms with van der Waals surface area (Å²) in [6.07, 6.45) is 1.52. The molecule has 1 aromatic rings. The second-order valence-electron chi connectivity index (χ2n) is 5.23. The Hall–Kier alpha value is -1.62. The Balaban J connectivity index is 2.70. The Bertz CT molecular complexity index is 399. The van der Waals surface area contributed by atoms with Crippen LogP contribution in [-0.2, 0) is 0 Å². The number of hydrogen-bond donors (Lipinski definition) is 3. The number of pyridine rings is 1. The fourth-order valence-corrected chi connectivity index (χ4v) is 1.33. The highest BCUT2D eigenvalue weighted by Gasteiger charge is 2.20. The second-order valence-corrected chi connectivity index (χ2v) is 5.23. The quantitative estimate of drug-likeness (QED) is 0.739. The second kappa shape index (κ2) is 5.82. The lowest BCUT2D eigenvalue weighted by Crippen LogP contribution is -2.46. The first kappa shape index (κ1) is 14.4. The summed E-state index contributed by atoms with van der Waals surface area (Å²) in [6, 6.07) is 3.77. The predicted octanol–water partition coefficient (Wildman–Crippen LogP) is 1.40. The fourth-order valence-electron chi connectivity index (χ4n) is 1.33. The van der Waals surface area contributed by atoms with E-state index in [1.807, 2.05) is 13.8 Å². The summed E-state index contributed by atoms with van der Waals surface area (Å²) < 4.78 is 0. The van der Waals surface area contributed by atoms with Gasteiger partial charge in [0, 0.05) is 12.2 Å². The van der Waals surface area contributed by atoms with E-state index in [9.17, 15) is 4.79 Å². The Morgan fingerprint density at radius 2 is 2.11 bits per heavy atom. The molecule has 0 aromatic carbocycles. The number of anilines is 1. The highest BCUT2D eigenvalue weighted by molar-refractivity contribution is 5.94. The van der Waals surface area contributed by atoms with Crippen LogP contribution in [-0.4, -0.2) is 34.2 Å². The summed E-state index contributed by atoms with van der Waals surface area (Å²) in [4.78, 5) is 16.0. The van der Waals surface area contributed by atoms with Crippen molar-refractivity contribution < 1.29 is 9.90 Å². The summed E-state index contributed by atoms with van der Waals surface area (Å²) in [5.41, 5.74) is -0.155. The molecule has 0 radical (unpaired) electrons. The van der Waals surface area contributed by atoms with Gasteiger partial charge < -0.3 is 15.7 Å². The maximum atomic E-state index is 11.9. The van der Waals surface area contributed by atoms with E-state index in [0.29, 0.717) is 11.6 Å². The maximum absolute atomic E-state index is 11.9. The molecular weight excluding hydrogens is 230 g/mol. The Kier molecular flexibility index (Phi) is 4.67. The van der Waals surface area contributed by atoms with Gasteiger partial charge in [-0.1, -0.05) is 0 Å². The summed E-state index contributed by atoms with van der Waals surface area (Å²) in [5.74, 6) is 0.501. The Morgan fingerprint density at radius 1 is 1.44 bits per heavy atom. The van der Waals surface area contributed by atoms with Gasteiger partial charge in [-0.3, -0.25) is 4.79 Å². The van der Waals surface area contributed by atoms with Gasteiger partial charge in [-0.15, -0.1) is 0 Å². The van der Waals surface area contributed by atoms with Crippen LogP contribution in [0.3, 0.4) is 0 Å². The van der Waals surface area contributed by atoms with Crippen molar-refractivity contribution >= 4 is 11.7 Å². The average Bonchev–Trinajstić information content (AvgIpc) is 2.28. The number of amides is 1. The molecule has 0 saturated heterocycles. The number of aliphatic hydroxyl groups excluding tert-OH is 1. The normalized spacial score (nSPS) is 11.4. The van der Waals surface area contributed by atoms with E-state index in [1.165, 1.54) is 6.20 Å². The largest absolute Gasteiger partial charge is 0.394 e. The van der Waals surface area contributed by atoms with E-state index < -0.39 is 5.54 Å². The van der Waals surface area contributed by atoms with Gasteiger partial charge in [0.1, 0.15) is 5.82 Å². The van der Waals surface area contributed by atoms with Crippen LogP contribution in [0.1, 0.15) is 38.1 Å². The monoisotopic (exact) mass is 251 g/mol. The van der Waals surface area contributed by atoms with Gasteiger partial charge in [0.2, 0.25) is 0 Å². The van der Waals surface area contributed by atoms with Crippen molar-refractivity contribution in [3.05, 3.63) is 23.9 Å². The van der Waals surface area contributed by atoms with Crippen LogP contribution in [0.2, 0.25) is 0 Å². The highest BCUT2D eigenvalue weighted by Crippen LogP contribution is 2.08. The van der Waals surface area contributed by atoms with Gasteiger partial charge >= 0.3 is 0 Å². The predicted molar refractivity (Wildman–Crippen MR) is 71.6 cm³/mol. The van der Waals surface area contributed by atoms with Crippen LogP contribution >= 0.6 is 0 Å². The van der Waals surface area contributed by atoms with Crippen LogP contribution in [0.15, 0.2) is 18.3 Å². The molecule has 0 aliphatic heterocycles. The van der Waals surface area contributed by atoms with E-state index in [0.717, 1.165) is 5.82 Å². The van der Waals surface area contributed by atoms with Crippen LogP contribution in [0.4, 0.5) is 5.82 Å². The molecule has 3 N–H and O–H groups in total. The smallest absolute Gasteiger partial charge is 0.253 e. The van der Waals surface area contributed by atoms with Crippen LogP contribution < -0.4 is 10.6 Å². The Morgan fingerprint density at radius 3 is 2.56 bits per heavy atom. The van der Waals surface area contributed by atoms with Crippen molar-refractivity contribution in [2.75, 3.05) is 11.9 Å². The minimum absolute atomic E-state index is 0.112. The zero-order chi connectivity index (χ0) is 13.8. The third-order valence-corrected chi connectivity index (χ3v) is 2.31. The third-order valence-electron chi connectivity index (χ3n) is 2.31. The van der Waals surface area contributed by atoms with Crippen molar-refractivity contribution in [2.45, 2.75) is 39.3 Å². The molecule has 0 atom stereocenters. The molecule has 0 fully saturated rings. The average molecular weight is 251 g/mol. The summed E-state index contributed by atoms with van der Waals surface area (Å²) >= 11 is 0. The minimum Gasteiger partial charge on any atom is -0.394 e. The van der Waals surface area contributed by atoms with Crippen LogP contribution in [0.5, 0.6) is 0 Å². The molecule has 0 aliphatic rings. The molecule has 1 amide bonds. The molecule has 1 heterocycles. The van der Waals surface area contributed by atoms with Gasteiger partial charge in [-0.25, -0.2) is 4.98 Å². The summed E-state index contributed by atoms with van der Waals surface area (Å²) in [6.45, 7) is 7.44. The molecule has 0 bridgehead atoms. The fraction of sp³-hybridized carbons (Fsp3) is 0.538. The van der Waals surface area contributed by atoms with Gasteiger partial charge in [-0.05, 0) is 39.8 Å². The van der Waals surface area contributed by atoms with Gasteiger partial charge in [0.05, 0.1) is 17.7 Å². The minimum atomic E-state index is -0.633. The van der Waals surface area contributed by atoms with Gasteiger partial charge in [0.25, 0.3) is 5.91 Å². The Labute approximate surface area is 108 Å². The first-order valence-corrected chi connectivity index (χ1v) is 6.00. The standard InChI is InChI=1S/C13H21N3O2/c1-9(2)15-11-6-5-10(7-14-11)12(18)16-13(3,4)8-17/h5-7,9,17H,8H2,1-4H3,(H,14,15)(H,16,18). The number of aliphatic hydroxyl groups is 1. The molecule has 18 heavy (non-hydrogen) atoms. The molecule has 5 heteroatoms. The van der Waals surface area contributed by atoms with Gasteiger partial charge in [0.15, 0.2) is 0 Å². The molecule has 0 unspecified atom stereocenters. The number of carbonyl (C=O) groups excluding carboxylic acids is 1. The number of rotatable bonds is 5. The molecule has 0 saturated carbocycles. The molecule has 1 aromatic heterocycles. The van der Waals surface area contributed by atoms with Crippen molar-refractivity contribution in [1.29, 1.82) is 0 Å². The van der Waals surface area contributed by atoms with Crippen molar-refractivity contribution in [3.8, 4) is 0 Å². The van der Waals surface area contributed by atoms with Crippen molar-refractivity contribution in [3.63, 3.8) is 0 Å². The molecule has 100 valence electrons. The number of aromatic nitrogens is 1.